The van der Waals surface area contributed by atoms with Gasteiger partial charge in [-0.3, -0.25) is 4.99 Å². The Morgan fingerprint density at radius 2 is 2.53 bits per heavy atom. The first kappa shape index (κ1) is 10.7. The Kier molecular flexibility index (Phi) is 2.84. The molecule has 86 valence electrons. The van der Waals surface area contributed by atoms with Gasteiger partial charge in [0.15, 0.2) is 5.96 Å². The first-order chi connectivity index (χ1) is 7.20. The van der Waals surface area contributed by atoms with Gasteiger partial charge >= 0.3 is 0 Å². The Labute approximate surface area is 90.2 Å². The largest absolute Gasteiger partial charge is 0.383 e. The fourth-order valence-electron chi connectivity index (χ4n) is 2.47. The number of ether oxygens (including phenoxy) is 2. The number of aliphatic imine (C=N–C) groups is 1. The molecule has 0 aromatic carbocycles. The van der Waals surface area contributed by atoms with Crippen molar-refractivity contribution in [1.29, 1.82) is 0 Å². The maximum Gasteiger partial charge on any atom is 0.192 e. The zero-order chi connectivity index (χ0) is 10.9. The fourth-order valence-corrected chi connectivity index (χ4v) is 2.47. The predicted octanol–water partition coefficient (Wildman–Crippen LogP) is -0.189. The van der Waals surface area contributed by atoms with Gasteiger partial charge in [0.25, 0.3) is 0 Å². The summed E-state index contributed by atoms with van der Waals surface area (Å²) in [6.45, 7) is 5.11. The molecule has 5 heteroatoms. The monoisotopic (exact) mass is 213 g/mol. The standard InChI is InChI=1S/C10H19N3O2/c1-8-10(3-5-15-8)7-12-9(11)13(10)4-6-14-2/h8H,3-7H2,1-2H3,(H2,11,12). The highest BCUT2D eigenvalue weighted by Gasteiger charge is 2.49. The summed E-state index contributed by atoms with van der Waals surface area (Å²) < 4.78 is 10.7. The number of methoxy groups -OCH3 is 1. The number of rotatable bonds is 3. The number of hydrogen-bond donors (Lipinski definition) is 1. The molecular weight excluding hydrogens is 194 g/mol. The van der Waals surface area contributed by atoms with Crippen molar-refractivity contribution in [2.75, 3.05) is 33.4 Å². The van der Waals surface area contributed by atoms with E-state index in [1.807, 2.05) is 0 Å². The Morgan fingerprint density at radius 1 is 1.73 bits per heavy atom. The average molecular weight is 213 g/mol. The second kappa shape index (κ2) is 3.98. The molecule has 15 heavy (non-hydrogen) atoms. The summed E-state index contributed by atoms with van der Waals surface area (Å²) in [6.07, 6.45) is 1.20. The van der Waals surface area contributed by atoms with Crippen molar-refractivity contribution in [2.45, 2.75) is 25.0 Å². The molecule has 0 aliphatic carbocycles. The van der Waals surface area contributed by atoms with E-state index < -0.39 is 0 Å². The summed E-state index contributed by atoms with van der Waals surface area (Å²) >= 11 is 0. The highest BCUT2D eigenvalue weighted by atomic mass is 16.5. The summed E-state index contributed by atoms with van der Waals surface area (Å²) in [5, 5.41) is 0. The molecular formula is C10H19N3O2. The molecule has 2 aliphatic heterocycles. The van der Waals surface area contributed by atoms with Crippen molar-refractivity contribution in [2.24, 2.45) is 10.7 Å². The van der Waals surface area contributed by atoms with Gasteiger partial charge in [0.1, 0.15) is 0 Å². The van der Waals surface area contributed by atoms with Crippen LogP contribution in [0, 0.1) is 0 Å². The van der Waals surface area contributed by atoms with Crippen LogP contribution in [-0.2, 0) is 9.47 Å². The van der Waals surface area contributed by atoms with Gasteiger partial charge in [-0.25, -0.2) is 0 Å². The minimum absolute atomic E-state index is 0.0113. The number of hydrogen-bond acceptors (Lipinski definition) is 5. The maximum absolute atomic E-state index is 5.90. The maximum atomic E-state index is 5.90. The number of nitrogens with two attached hydrogens (primary N) is 1. The van der Waals surface area contributed by atoms with Gasteiger partial charge in [0, 0.05) is 20.3 Å². The normalized spacial score (nSPS) is 35.2. The van der Waals surface area contributed by atoms with Gasteiger partial charge in [-0.05, 0) is 13.3 Å². The quantitative estimate of drug-likeness (QED) is 0.706. The smallest absolute Gasteiger partial charge is 0.192 e. The molecule has 2 aliphatic rings. The molecule has 0 aromatic heterocycles. The van der Waals surface area contributed by atoms with Crippen LogP contribution in [-0.4, -0.2) is 55.9 Å². The fraction of sp³-hybridized carbons (Fsp3) is 0.900. The van der Waals surface area contributed by atoms with E-state index in [-0.39, 0.29) is 11.6 Å². The lowest BCUT2D eigenvalue weighted by Gasteiger charge is -2.38. The van der Waals surface area contributed by atoms with E-state index in [1.165, 1.54) is 0 Å². The molecule has 2 rings (SSSR count). The molecule has 0 bridgehead atoms. The summed E-state index contributed by atoms with van der Waals surface area (Å²) in [5.41, 5.74) is 5.89. The number of nitrogens with zero attached hydrogens (tertiary/aromatic N) is 2. The Balaban J connectivity index is 2.12. The molecule has 0 radical (unpaired) electrons. The topological polar surface area (TPSA) is 60.1 Å². The van der Waals surface area contributed by atoms with Crippen LogP contribution in [0.25, 0.3) is 0 Å². The van der Waals surface area contributed by atoms with Crippen LogP contribution in [0.3, 0.4) is 0 Å². The lowest BCUT2D eigenvalue weighted by molar-refractivity contribution is 0.0463. The molecule has 2 atom stereocenters. The molecule has 1 saturated heterocycles. The molecule has 0 saturated carbocycles. The summed E-state index contributed by atoms with van der Waals surface area (Å²) in [5.74, 6) is 0.629. The van der Waals surface area contributed by atoms with E-state index in [2.05, 4.69) is 16.8 Å². The van der Waals surface area contributed by atoms with Crippen molar-refractivity contribution in [3.8, 4) is 0 Å². The Morgan fingerprint density at radius 3 is 3.13 bits per heavy atom. The van der Waals surface area contributed by atoms with Gasteiger partial charge in [0.05, 0.1) is 24.8 Å². The van der Waals surface area contributed by atoms with Crippen molar-refractivity contribution in [3.05, 3.63) is 0 Å². The van der Waals surface area contributed by atoms with E-state index in [9.17, 15) is 0 Å². The SMILES string of the molecule is COCCN1C(N)=NCC12CCOC2C. The van der Waals surface area contributed by atoms with Crippen LogP contribution < -0.4 is 5.73 Å². The molecule has 2 heterocycles. The highest BCUT2D eigenvalue weighted by Crippen LogP contribution is 2.35. The van der Waals surface area contributed by atoms with Gasteiger partial charge in [-0.15, -0.1) is 0 Å². The summed E-state index contributed by atoms with van der Waals surface area (Å²) in [4.78, 5) is 6.49. The van der Waals surface area contributed by atoms with E-state index in [0.717, 1.165) is 26.1 Å². The molecule has 1 spiro atoms. The Bertz CT molecular complexity index is 269. The summed E-state index contributed by atoms with van der Waals surface area (Å²) in [6, 6.07) is 0. The molecule has 5 nitrogen and oxygen atoms in total. The molecule has 0 aromatic rings. The van der Waals surface area contributed by atoms with Crippen LogP contribution in [0.1, 0.15) is 13.3 Å². The zero-order valence-electron chi connectivity index (χ0n) is 9.40. The van der Waals surface area contributed by atoms with Gasteiger partial charge in [-0.1, -0.05) is 0 Å². The predicted molar refractivity (Wildman–Crippen MR) is 57.8 cm³/mol. The third-order valence-electron chi connectivity index (χ3n) is 3.51. The first-order valence-electron chi connectivity index (χ1n) is 5.39. The van der Waals surface area contributed by atoms with E-state index in [4.69, 9.17) is 15.2 Å². The third-order valence-corrected chi connectivity index (χ3v) is 3.51. The van der Waals surface area contributed by atoms with Crippen LogP contribution in [0.4, 0.5) is 0 Å². The van der Waals surface area contributed by atoms with E-state index >= 15 is 0 Å². The third kappa shape index (κ3) is 1.59. The van der Waals surface area contributed by atoms with Crippen molar-refractivity contribution >= 4 is 5.96 Å². The Hall–Kier alpha value is -0.810. The molecule has 2 N–H and O–H groups in total. The number of guanidine groups is 1. The van der Waals surface area contributed by atoms with Gasteiger partial charge in [-0.2, -0.15) is 0 Å². The van der Waals surface area contributed by atoms with Crippen molar-refractivity contribution in [1.82, 2.24) is 4.90 Å². The molecule has 2 unspecified atom stereocenters. The molecule has 0 amide bonds. The van der Waals surface area contributed by atoms with Crippen LogP contribution in [0.5, 0.6) is 0 Å². The van der Waals surface area contributed by atoms with Crippen molar-refractivity contribution in [3.63, 3.8) is 0 Å². The van der Waals surface area contributed by atoms with Gasteiger partial charge < -0.3 is 20.1 Å². The lowest BCUT2D eigenvalue weighted by atomic mass is 9.91. The van der Waals surface area contributed by atoms with E-state index in [1.54, 1.807) is 7.11 Å². The van der Waals surface area contributed by atoms with Crippen LogP contribution >= 0.6 is 0 Å². The average Bonchev–Trinajstić information content (AvgIpc) is 2.73. The van der Waals surface area contributed by atoms with E-state index in [0.29, 0.717) is 12.6 Å². The second-order valence-corrected chi connectivity index (χ2v) is 4.19. The molecule has 1 fully saturated rings. The van der Waals surface area contributed by atoms with Gasteiger partial charge in [0.2, 0.25) is 0 Å². The second-order valence-electron chi connectivity index (χ2n) is 4.19. The summed E-state index contributed by atoms with van der Waals surface area (Å²) in [7, 11) is 1.70. The van der Waals surface area contributed by atoms with Crippen molar-refractivity contribution < 1.29 is 9.47 Å². The van der Waals surface area contributed by atoms with Crippen LogP contribution in [0.15, 0.2) is 4.99 Å². The lowest BCUT2D eigenvalue weighted by Crippen LogP contribution is -2.56. The first-order valence-corrected chi connectivity index (χ1v) is 5.39. The highest BCUT2D eigenvalue weighted by molar-refractivity contribution is 5.81. The van der Waals surface area contributed by atoms with Crippen LogP contribution in [0.2, 0.25) is 0 Å². The zero-order valence-corrected chi connectivity index (χ0v) is 9.40. The minimum atomic E-state index is -0.0113. The minimum Gasteiger partial charge on any atom is -0.383 e.